The zero-order valence-electron chi connectivity index (χ0n) is 11.8. The lowest BCUT2D eigenvalue weighted by molar-refractivity contribution is 0.102. The van der Waals surface area contributed by atoms with Crippen LogP contribution in [0.5, 0.6) is 0 Å². The summed E-state index contributed by atoms with van der Waals surface area (Å²) in [6, 6.07) is 7.97. The molecule has 0 radical (unpaired) electrons. The minimum atomic E-state index is -0.226. The highest BCUT2D eigenvalue weighted by molar-refractivity contribution is 14.1. The average molecular weight is 434 g/mol. The highest BCUT2D eigenvalue weighted by Crippen LogP contribution is 2.17. The molecule has 2 aromatic rings. The summed E-state index contributed by atoms with van der Waals surface area (Å²) >= 11 is 2.23. The Morgan fingerprint density at radius 1 is 1.27 bits per heavy atom. The van der Waals surface area contributed by atoms with Gasteiger partial charge in [0.05, 0.1) is 12.2 Å². The highest BCUT2D eigenvalue weighted by atomic mass is 127. The molecule has 2 N–H and O–H groups in total. The maximum absolute atomic E-state index is 12.2. The third kappa shape index (κ3) is 4.17. The molecule has 118 valence electrons. The number of benzene rings is 1. The molecule has 1 saturated heterocycles. The molecule has 0 spiro atoms. The summed E-state index contributed by atoms with van der Waals surface area (Å²) < 4.78 is 2.94. The van der Waals surface area contributed by atoms with Crippen LogP contribution in [0.4, 0.5) is 5.69 Å². The summed E-state index contributed by atoms with van der Waals surface area (Å²) in [6.07, 6.45) is 3.76. The van der Waals surface area contributed by atoms with E-state index in [1.54, 1.807) is 6.20 Å². The molecule has 8 heteroatoms. The van der Waals surface area contributed by atoms with E-state index in [2.05, 4.69) is 43.5 Å². The van der Waals surface area contributed by atoms with Crippen LogP contribution in [0.1, 0.15) is 29.4 Å². The molecule has 6 nitrogen and oxygen atoms in total. The van der Waals surface area contributed by atoms with Gasteiger partial charge in [-0.3, -0.25) is 4.79 Å². The molecule has 22 heavy (non-hydrogen) atoms. The van der Waals surface area contributed by atoms with Crippen molar-refractivity contribution in [2.45, 2.75) is 18.9 Å². The number of carbonyl (C=O) groups is 1. The number of carbonyl (C=O) groups excluding carboxylic acids is 1. The van der Waals surface area contributed by atoms with Crippen molar-refractivity contribution in [2.75, 3.05) is 18.4 Å². The number of hydrogen-bond donors (Lipinski definition) is 2. The van der Waals surface area contributed by atoms with E-state index in [9.17, 15) is 4.79 Å². The van der Waals surface area contributed by atoms with Crippen LogP contribution in [-0.2, 0) is 0 Å². The molecule has 1 aromatic carbocycles. The summed E-state index contributed by atoms with van der Waals surface area (Å²) in [7, 11) is 0. The van der Waals surface area contributed by atoms with Crippen LogP contribution in [0, 0.1) is 3.57 Å². The number of halogens is 2. The number of nitrogens with zero attached hydrogens (tertiary/aromatic N) is 3. The third-order valence-corrected chi connectivity index (χ3v) is 4.25. The van der Waals surface area contributed by atoms with Gasteiger partial charge in [-0.15, -0.1) is 17.5 Å². The van der Waals surface area contributed by atoms with Crippen molar-refractivity contribution in [3.8, 4) is 0 Å². The fourth-order valence-corrected chi connectivity index (χ4v) is 2.72. The molecule has 2 heterocycles. The van der Waals surface area contributed by atoms with Gasteiger partial charge in [-0.1, -0.05) is 5.21 Å². The lowest BCUT2D eigenvalue weighted by Crippen LogP contribution is -2.29. The van der Waals surface area contributed by atoms with E-state index in [0.717, 1.165) is 35.2 Å². The average Bonchev–Trinajstić information content (AvgIpc) is 3.00. The Kier molecular flexibility index (Phi) is 6.16. The van der Waals surface area contributed by atoms with Crippen molar-refractivity contribution in [2.24, 2.45) is 0 Å². The third-order valence-electron chi connectivity index (χ3n) is 3.53. The molecule has 3 rings (SSSR count). The van der Waals surface area contributed by atoms with Crippen molar-refractivity contribution >= 4 is 46.6 Å². The van der Waals surface area contributed by atoms with E-state index in [-0.39, 0.29) is 18.3 Å². The van der Waals surface area contributed by atoms with E-state index >= 15 is 0 Å². The molecule has 0 aliphatic carbocycles. The van der Waals surface area contributed by atoms with Crippen molar-refractivity contribution in [3.63, 3.8) is 0 Å². The fourth-order valence-electron chi connectivity index (χ4n) is 2.36. The van der Waals surface area contributed by atoms with Gasteiger partial charge >= 0.3 is 0 Å². The first-order chi connectivity index (χ1) is 10.2. The SMILES string of the molecule is Cl.O=C(Nc1ccc(I)cc1)c1cn(C2CCNCC2)nn1. The van der Waals surface area contributed by atoms with Gasteiger partial charge in [-0.05, 0) is 72.8 Å². The predicted molar refractivity (Wildman–Crippen MR) is 95.5 cm³/mol. The van der Waals surface area contributed by atoms with E-state index < -0.39 is 0 Å². The van der Waals surface area contributed by atoms with Gasteiger partial charge in [0, 0.05) is 9.26 Å². The Balaban J connectivity index is 0.00000176. The Morgan fingerprint density at radius 3 is 2.64 bits per heavy atom. The molecule has 0 saturated carbocycles. The standard InChI is InChI=1S/C14H16IN5O.ClH/c15-10-1-3-11(4-2-10)17-14(21)13-9-20(19-18-13)12-5-7-16-8-6-12;/h1-4,9,12,16H,5-8H2,(H,17,21);1H. The summed E-state index contributed by atoms with van der Waals surface area (Å²) in [5, 5.41) is 14.2. The van der Waals surface area contributed by atoms with E-state index in [1.165, 1.54) is 0 Å². The normalized spacial score (nSPS) is 15.1. The summed E-state index contributed by atoms with van der Waals surface area (Å²) in [4.78, 5) is 12.2. The Hall–Kier alpha value is -1.19. The van der Waals surface area contributed by atoms with Crippen LogP contribution in [0.15, 0.2) is 30.5 Å². The van der Waals surface area contributed by atoms with Crippen molar-refractivity contribution in [1.29, 1.82) is 0 Å². The van der Waals surface area contributed by atoms with Gasteiger partial charge in [-0.2, -0.15) is 0 Å². The van der Waals surface area contributed by atoms with Gasteiger partial charge in [0.15, 0.2) is 5.69 Å². The molecule has 1 fully saturated rings. The second-order valence-corrected chi connectivity index (χ2v) is 6.27. The lowest BCUT2D eigenvalue weighted by atomic mass is 10.1. The Labute approximate surface area is 148 Å². The number of anilines is 1. The summed E-state index contributed by atoms with van der Waals surface area (Å²) in [6.45, 7) is 1.96. The molecule has 0 unspecified atom stereocenters. The maximum Gasteiger partial charge on any atom is 0.277 e. The van der Waals surface area contributed by atoms with Crippen LogP contribution in [0.25, 0.3) is 0 Å². The molecule has 1 aromatic heterocycles. The van der Waals surface area contributed by atoms with Crippen molar-refractivity contribution in [1.82, 2.24) is 20.3 Å². The summed E-state index contributed by atoms with van der Waals surface area (Å²) in [5.41, 5.74) is 1.11. The van der Waals surface area contributed by atoms with Crippen molar-refractivity contribution < 1.29 is 4.79 Å². The molecule has 1 aliphatic rings. The summed E-state index contributed by atoms with van der Waals surface area (Å²) in [5.74, 6) is -0.226. The highest BCUT2D eigenvalue weighted by Gasteiger charge is 2.18. The first-order valence-corrected chi connectivity index (χ1v) is 8.00. The number of aromatic nitrogens is 3. The lowest BCUT2D eigenvalue weighted by Gasteiger charge is -2.22. The van der Waals surface area contributed by atoms with Crippen LogP contribution in [0.2, 0.25) is 0 Å². The van der Waals surface area contributed by atoms with E-state index in [1.807, 2.05) is 28.9 Å². The van der Waals surface area contributed by atoms with Gasteiger partial charge in [0.1, 0.15) is 0 Å². The second-order valence-electron chi connectivity index (χ2n) is 5.03. The first kappa shape index (κ1) is 17.2. The molecule has 0 atom stereocenters. The Bertz CT molecular complexity index is 624. The van der Waals surface area contributed by atoms with Crippen LogP contribution >= 0.6 is 35.0 Å². The number of nitrogens with one attached hydrogen (secondary N) is 2. The smallest absolute Gasteiger partial charge is 0.277 e. The van der Waals surface area contributed by atoms with Gasteiger partial charge in [0.2, 0.25) is 0 Å². The van der Waals surface area contributed by atoms with Gasteiger partial charge in [0.25, 0.3) is 5.91 Å². The number of piperidine rings is 1. The van der Waals surface area contributed by atoms with E-state index in [4.69, 9.17) is 0 Å². The molecular weight excluding hydrogens is 417 g/mol. The monoisotopic (exact) mass is 433 g/mol. The topological polar surface area (TPSA) is 71.8 Å². The van der Waals surface area contributed by atoms with Crippen molar-refractivity contribution in [3.05, 3.63) is 39.7 Å². The molecule has 1 aliphatic heterocycles. The van der Waals surface area contributed by atoms with Crippen LogP contribution in [0.3, 0.4) is 0 Å². The molecular formula is C14H17ClIN5O. The van der Waals surface area contributed by atoms with Gasteiger partial charge in [-0.25, -0.2) is 4.68 Å². The number of rotatable bonds is 3. The minimum absolute atomic E-state index is 0. The quantitative estimate of drug-likeness (QED) is 0.730. The zero-order valence-corrected chi connectivity index (χ0v) is 14.8. The van der Waals surface area contributed by atoms with Gasteiger partial charge < -0.3 is 10.6 Å². The van der Waals surface area contributed by atoms with Crippen LogP contribution < -0.4 is 10.6 Å². The fraction of sp³-hybridized carbons (Fsp3) is 0.357. The minimum Gasteiger partial charge on any atom is -0.321 e. The molecule has 0 bridgehead atoms. The van der Waals surface area contributed by atoms with Crippen LogP contribution in [-0.4, -0.2) is 34.0 Å². The number of hydrogen-bond acceptors (Lipinski definition) is 4. The van der Waals surface area contributed by atoms with E-state index in [0.29, 0.717) is 11.7 Å². The Morgan fingerprint density at radius 2 is 1.95 bits per heavy atom. The second kappa shape index (κ2) is 7.89. The molecule has 1 amide bonds. The maximum atomic E-state index is 12.2. The largest absolute Gasteiger partial charge is 0.321 e. The first-order valence-electron chi connectivity index (χ1n) is 6.92. The zero-order chi connectivity index (χ0) is 14.7. The number of amides is 1. The predicted octanol–water partition coefficient (Wildman–Crippen LogP) is 2.48.